The van der Waals surface area contributed by atoms with Crippen LogP contribution in [0.1, 0.15) is 18.4 Å². The molecule has 26 heavy (non-hydrogen) atoms. The summed E-state index contributed by atoms with van der Waals surface area (Å²) in [6.07, 6.45) is 1.67. The molecule has 0 spiro atoms. The van der Waals surface area contributed by atoms with Crippen LogP contribution in [0.3, 0.4) is 0 Å². The summed E-state index contributed by atoms with van der Waals surface area (Å²) in [5.74, 6) is 0.795. The predicted molar refractivity (Wildman–Crippen MR) is 103 cm³/mol. The van der Waals surface area contributed by atoms with Crippen molar-refractivity contribution in [2.24, 2.45) is 0 Å². The second-order valence-corrected chi connectivity index (χ2v) is 7.10. The maximum atomic E-state index is 9.93. The molecule has 2 aromatic carbocycles. The summed E-state index contributed by atoms with van der Waals surface area (Å²) in [4.78, 5) is 10.4. The van der Waals surface area contributed by atoms with E-state index in [0.717, 1.165) is 64.1 Å². The third-order valence-electron chi connectivity index (χ3n) is 5.25. The van der Waals surface area contributed by atoms with Crippen LogP contribution < -0.4 is 4.90 Å². The molecule has 1 saturated heterocycles. The quantitative estimate of drug-likeness (QED) is 0.519. The van der Waals surface area contributed by atoms with E-state index in [1.807, 2.05) is 12.1 Å². The number of hydrogen-bond acceptors (Lipinski definition) is 4. The highest BCUT2D eigenvalue weighted by Crippen LogP contribution is 2.29. The molecule has 1 unspecified atom stereocenters. The number of nitrogens with zero attached hydrogens (tertiary/aromatic N) is 3. The summed E-state index contributed by atoms with van der Waals surface area (Å²) in [6.45, 7) is 3.73. The minimum atomic E-state index is -0.239. The first-order chi connectivity index (χ1) is 12.7. The minimum absolute atomic E-state index is 0.239. The monoisotopic (exact) mass is 347 g/mol. The van der Waals surface area contributed by atoms with Gasteiger partial charge >= 0.3 is 0 Å². The molecule has 0 bridgehead atoms. The van der Waals surface area contributed by atoms with Crippen molar-refractivity contribution in [3.63, 3.8) is 0 Å². The number of aliphatic hydroxyl groups is 1. The van der Waals surface area contributed by atoms with E-state index in [-0.39, 0.29) is 6.10 Å². The fourth-order valence-corrected chi connectivity index (χ4v) is 3.86. The third kappa shape index (κ3) is 2.45. The maximum Gasteiger partial charge on any atom is 0.157 e. The Hall–Kier alpha value is -2.86. The number of aliphatic hydroxyl groups excluding tert-OH is 1. The summed E-state index contributed by atoms with van der Waals surface area (Å²) in [7, 11) is 0. The van der Waals surface area contributed by atoms with Gasteiger partial charge in [-0.05, 0) is 43.5 Å². The Morgan fingerprint density at radius 3 is 3.04 bits per heavy atom. The van der Waals surface area contributed by atoms with Crippen LogP contribution in [0.25, 0.3) is 33.5 Å². The van der Waals surface area contributed by atoms with Gasteiger partial charge in [0.2, 0.25) is 0 Å². The van der Waals surface area contributed by atoms with Crippen LogP contribution in [-0.4, -0.2) is 44.5 Å². The van der Waals surface area contributed by atoms with E-state index >= 15 is 0 Å². The van der Waals surface area contributed by atoms with Gasteiger partial charge in [0.25, 0.3) is 0 Å². The number of H-pyrrole nitrogens is 2. The number of β-amino-alcohol motifs (C(OH)–C–C–N with tert-alkyl or cyclic N) is 1. The first kappa shape index (κ1) is 15.4. The van der Waals surface area contributed by atoms with E-state index in [0.29, 0.717) is 6.54 Å². The van der Waals surface area contributed by atoms with E-state index in [1.165, 1.54) is 0 Å². The Labute approximate surface area is 150 Å². The number of hydrogen-bond donors (Lipinski definition) is 3. The van der Waals surface area contributed by atoms with E-state index in [4.69, 9.17) is 4.98 Å². The number of anilines is 1. The van der Waals surface area contributed by atoms with Gasteiger partial charge in [0, 0.05) is 24.2 Å². The smallest absolute Gasteiger partial charge is 0.157 e. The normalized spacial score (nSPS) is 18.1. The molecule has 5 rings (SSSR count). The Kier molecular flexibility index (Phi) is 3.46. The lowest BCUT2D eigenvalue weighted by Crippen LogP contribution is -2.38. The van der Waals surface area contributed by atoms with Gasteiger partial charge in [-0.2, -0.15) is 5.10 Å². The van der Waals surface area contributed by atoms with Crippen molar-refractivity contribution in [1.82, 2.24) is 20.2 Å². The molecule has 6 nitrogen and oxygen atoms in total. The standard InChI is InChI=1S/C20H21N5O/c1-12-4-2-6-15-18(12)23-24-19(15)20-21-16-8-7-13(10-17(16)22-20)25-9-3-5-14(26)11-25/h2,4,6-8,10,14,26H,3,5,9,11H2,1H3,(H,21,22)(H,23,24). The van der Waals surface area contributed by atoms with Crippen LogP contribution in [0.5, 0.6) is 0 Å². The molecule has 0 aliphatic carbocycles. The molecule has 1 fully saturated rings. The molecule has 3 N–H and O–H groups in total. The molecule has 1 atom stereocenters. The molecule has 0 radical (unpaired) electrons. The van der Waals surface area contributed by atoms with Gasteiger partial charge in [0.15, 0.2) is 5.82 Å². The molecule has 0 saturated carbocycles. The summed E-state index contributed by atoms with van der Waals surface area (Å²) < 4.78 is 0. The number of para-hydroxylation sites is 1. The Balaban J connectivity index is 1.56. The zero-order valence-electron chi connectivity index (χ0n) is 14.7. The molecule has 6 heteroatoms. The number of aromatic amines is 2. The third-order valence-corrected chi connectivity index (χ3v) is 5.25. The fourth-order valence-electron chi connectivity index (χ4n) is 3.86. The zero-order valence-corrected chi connectivity index (χ0v) is 14.7. The number of rotatable bonds is 2. The molecule has 0 amide bonds. The van der Waals surface area contributed by atoms with Crippen molar-refractivity contribution < 1.29 is 5.11 Å². The number of piperidine rings is 1. The van der Waals surface area contributed by atoms with Gasteiger partial charge in [-0.3, -0.25) is 5.10 Å². The van der Waals surface area contributed by atoms with Crippen molar-refractivity contribution in [3.05, 3.63) is 42.0 Å². The largest absolute Gasteiger partial charge is 0.391 e. The maximum absolute atomic E-state index is 9.93. The highest BCUT2D eigenvalue weighted by molar-refractivity contribution is 5.94. The summed E-state index contributed by atoms with van der Waals surface area (Å²) in [6, 6.07) is 12.4. The molecular weight excluding hydrogens is 326 g/mol. The van der Waals surface area contributed by atoms with Crippen LogP contribution in [0.2, 0.25) is 0 Å². The Bertz CT molecular complexity index is 1100. The zero-order chi connectivity index (χ0) is 17.7. The SMILES string of the molecule is Cc1cccc2c(-c3nc4ccc(N5CCCC(O)C5)cc4[nH]3)[nH]nc12. The number of benzene rings is 2. The molecule has 1 aliphatic rings. The lowest BCUT2D eigenvalue weighted by atomic mass is 10.1. The lowest BCUT2D eigenvalue weighted by Gasteiger charge is -2.31. The number of imidazole rings is 1. The average molecular weight is 347 g/mol. The topological polar surface area (TPSA) is 80.8 Å². The number of aromatic nitrogens is 4. The highest BCUT2D eigenvalue weighted by Gasteiger charge is 2.19. The van der Waals surface area contributed by atoms with Crippen molar-refractivity contribution in [2.45, 2.75) is 25.9 Å². The van der Waals surface area contributed by atoms with E-state index in [2.05, 4.69) is 51.3 Å². The molecule has 1 aliphatic heterocycles. The van der Waals surface area contributed by atoms with Crippen molar-refractivity contribution >= 4 is 27.6 Å². The van der Waals surface area contributed by atoms with Crippen LogP contribution in [-0.2, 0) is 0 Å². The Morgan fingerprint density at radius 1 is 1.23 bits per heavy atom. The van der Waals surface area contributed by atoms with Gasteiger partial charge < -0.3 is 15.0 Å². The van der Waals surface area contributed by atoms with Gasteiger partial charge in [0.05, 0.1) is 22.7 Å². The number of fused-ring (bicyclic) bond motifs is 2. The number of aryl methyl sites for hydroxylation is 1. The van der Waals surface area contributed by atoms with Gasteiger partial charge in [0.1, 0.15) is 5.69 Å². The Morgan fingerprint density at radius 2 is 2.15 bits per heavy atom. The van der Waals surface area contributed by atoms with Crippen LogP contribution in [0, 0.1) is 6.92 Å². The van der Waals surface area contributed by atoms with Crippen LogP contribution in [0.4, 0.5) is 5.69 Å². The molecular formula is C20H21N5O. The average Bonchev–Trinajstić information content (AvgIpc) is 3.25. The van der Waals surface area contributed by atoms with E-state index < -0.39 is 0 Å². The van der Waals surface area contributed by atoms with Gasteiger partial charge in [-0.25, -0.2) is 4.98 Å². The minimum Gasteiger partial charge on any atom is -0.391 e. The summed E-state index contributed by atoms with van der Waals surface area (Å²) in [5.41, 5.74) is 6.08. The lowest BCUT2D eigenvalue weighted by molar-refractivity contribution is 0.154. The first-order valence-electron chi connectivity index (χ1n) is 9.06. The van der Waals surface area contributed by atoms with Crippen LogP contribution >= 0.6 is 0 Å². The number of nitrogens with one attached hydrogen (secondary N) is 2. The van der Waals surface area contributed by atoms with Gasteiger partial charge in [-0.1, -0.05) is 18.2 Å². The van der Waals surface area contributed by atoms with E-state index in [1.54, 1.807) is 0 Å². The second-order valence-electron chi connectivity index (χ2n) is 7.10. The van der Waals surface area contributed by atoms with Crippen molar-refractivity contribution in [2.75, 3.05) is 18.0 Å². The highest BCUT2D eigenvalue weighted by atomic mass is 16.3. The first-order valence-corrected chi connectivity index (χ1v) is 9.06. The van der Waals surface area contributed by atoms with E-state index in [9.17, 15) is 5.11 Å². The molecule has 3 heterocycles. The van der Waals surface area contributed by atoms with Crippen molar-refractivity contribution in [1.29, 1.82) is 0 Å². The van der Waals surface area contributed by atoms with Crippen molar-refractivity contribution in [3.8, 4) is 11.5 Å². The molecule has 132 valence electrons. The molecule has 4 aromatic rings. The second kappa shape index (κ2) is 5.85. The van der Waals surface area contributed by atoms with Crippen LogP contribution in [0.15, 0.2) is 36.4 Å². The molecule has 2 aromatic heterocycles. The van der Waals surface area contributed by atoms with Gasteiger partial charge in [-0.15, -0.1) is 0 Å². The predicted octanol–water partition coefficient (Wildman–Crippen LogP) is 3.38. The summed E-state index contributed by atoms with van der Waals surface area (Å²) >= 11 is 0. The summed E-state index contributed by atoms with van der Waals surface area (Å²) in [5, 5.41) is 18.6. The fraction of sp³-hybridized carbons (Fsp3) is 0.300.